The summed E-state index contributed by atoms with van der Waals surface area (Å²) in [6.45, 7) is 0.0621. The van der Waals surface area contributed by atoms with Gasteiger partial charge in [0, 0.05) is 11.8 Å². The number of amides is 1. The standard InChI is InChI=1S/C10H10ClNO5/c11-3-4-17-10(16)12-6-1-2-7(9(14)15)8(13)5-6/h1-2,5,13H,3-4H2,(H,12,16)(H,14,15). The summed E-state index contributed by atoms with van der Waals surface area (Å²) in [5, 5.41) is 20.3. The zero-order chi connectivity index (χ0) is 12.8. The van der Waals surface area contributed by atoms with Crippen LogP contribution in [0.25, 0.3) is 0 Å². The van der Waals surface area contributed by atoms with E-state index in [9.17, 15) is 14.7 Å². The van der Waals surface area contributed by atoms with Crippen molar-refractivity contribution in [2.45, 2.75) is 0 Å². The van der Waals surface area contributed by atoms with Crippen LogP contribution >= 0.6 is 11.6 Å². The lowest BCUT2D eigenvalue weighted by atomic mass is 10.2. The first-order chi connectivity index (χ1) is 8.04. The molecule has 0 bridgehead atoms. The Labute approximate surface area is 102 Å². The number of phenols is 1. The molecular formula is C10H10ClNO5. The maximum Gasteiger partial charge on any atom is 0.411 e. The highest BCUT2D eigenvalue weighted by Crippen LogP contribution is 2.21. The molecule has 6 nitrogen and oxygen atoms in total. The Hall–Kier alpha value is -1.95. The van der Waals surface area contributed by atoms with Crippen LogP contribution in [0.1, 0.15) is 10.4 Å². The molecule has 0 heterocycles. The van der Waals surface area contributed by atoms with Gasteiger partial charge in [-0.25, -0.2) is 9.59 Å². The third kappa shape index (κ3) is 3.84. The van der Waals surface area contributed by atoms with Crippen molar-refractivity contribution in [1.29, 1.82) is 0 Å². The van der Waals surface area contributed by atoms with Crippen LogP contribution in [0.4, 0.5) is 10.5 Å². The largest absolute Gasteiger partial charge is 0.507 e. The number of anilines is 1. The second-order valence-electron chi connectivity index (χ2n) is 2.99. The van der Waals surface area contributed by atoms with Gasteiger partial charge in [-0.2, -0.15) is 0 Å². The zero-order valence-corrected chi connectivity index (χ0v) is 9.40. The zero-order valence-electron chi connectivity index (χ0n) is 8.64. The van der Waals surface area contributed by atoms with Crippen LogP contribution in [0.3, 0.4) is 0 Å². The number of halogens is 1. The van der Waals surface area contributed by atoms with Crippen molar-refractivity contribution in [3.8, 4) is 5.75 Å². The molecule has 0 aliphatic heterocycles. The Morgan fingerprint density at radius 2 is 2.12 bits per heavy atom. The number of carbonyl (C=O) groups is 2. The van der Waals surface area contributed by atoms with E-state index in [1.807, 2.05) is 0 Å². The number of nitrogens with one attached hydrogen (secondary N) is 1. The molecule has 0 saturated carbocycles. The summed E-state index contributed by atoms with van der Waals surface area (Å²) in [6, 6.07) is 3.63. The number of aromatic hydroxyl groups is 1. The van der Waals surface area contributed by atoms with Crippen LogP contribution in [0, 0.1) is 0 Å². The fraction of sp³-hybridized carbons (Fsp3) is 0.200. The van der Waals surface area contributed by atoms with Crippen molar-refractivity contribution in [3.05, 3.63) is 23.8 Å². The van der Waals surface area contributed by atoms with E-state index >= 15 is 0 Å². The fourth-order valence-corrected chi connectivity index (χ4v) is 1.15. The summed E-state index contributed by atoms with van der Waals surface area (Å²) < 4.78 is 4.63. The molecule has 1 aromatic rings. The van der Waals surface area contributed by atoms with Gasteiger partial charge in [0.2, 0.25) is 0 Å². The van der Waals surface area contributed by atoms with Crippen molar-refractivity contribution in [2.75, 3.05) is 17.8 Å². The molecule has 0 radical (unpaired) electrons. The van der Waals surface area contributed by atoms with E-state index in [2.05, 4.69) is 10.1 Å². The number of hydrogen-bond acceptors (Lipinski definition) is 4. The Balaban J connectivity index is 2.70. The maximum absolute atomic E-state index is 11.1. The molecule has 1 rings (SSSR count). The number of carbonyl (C=O) groups excluding carboxylic acids is 1. The number of hydrogen-bond donors (Lipinski definition) is 3. The van der Waals surface area contributed by atoms with Crippen molar-refractivity contribution in [1.82, 2.24) is 0 Å². The number of alkyl halides is 1. The molecule has 0 aliphatic carbocycles. The number of carboxylic acids is 1. The molecule has 17 heavy (non-hydrogen) atoms. The van der Waals surface area contributed by atoms with Crippen LogP contribution in [-0.2, 0) is 4.74 Å². The highest BCUT2D eigenvalue weighted by Gasteiger charge is 2.11. The second-order valence-corrected chi connectivity index (χ2v) is 3.36. The lowest BCUT2D eigenvalue weighted by Gasteiger charge is -2.07. The van der Waals surface area contributed by atoms with E-state index in [-0.39, 0.29) is 23.7 Å². The third-order valence-corrected chi connectivity index (χ3v) is 1.94. The van der Waals surface area contributed by atoms with Crippen LogP contribution in [-0.4, -0.2) is 34.8 Å². The first kappa shape index (κ1) is 13.1. The highest BCUT2D eigenvalue weighted by molar-refractivity contribution is 6.18. The number of ether oxygens (including phenoxy) is 1. The Morgan fingerprint density at radius 1 is 1.41 bits per heavy atom. The molecule has 0 spiro atoms. The lowest BCUT2D eigenvalue weighted by molar-refractivity contribution is 0.0693. The van der Waals surface area contributed by atoms with E-state index in [1.54, 1.807) is 0 Å². The van der Waals surface area contributed by atoms with Crippen LogP contribution in [0.15, 0.2) is 18.2 Å². The molecule has 0 aliphatic rings. The van der Waals surface area contributed by atoms with Gasteiger partial charge in [0.25, 0.3) is 0 Å². The van der Waals surface area contributed by atoms with Crippen LogP contribution in [0.5, 0.6) is 5.75 Å². The summed E-state index contributed by atoms with van der Waals surface area (Å²) in [5.74, 6) is -1.51. The van der Waals surface area contributed by atoms with Crippen molar-refractivity contribution >= 4 is 29.4 Å². The molecule has 0 unspecified atom stereocenters. The SMILES string of the molecule is O=C(Nc1ccc(C(=O)O)c(O)c1)OCCCl. The van der Waals surface area contributed by atoms with Gasteiger partial charge < -0.3 is 14.9 Å². The van der Waals surface area contributed by atoms with Crippen molar-refractivity contribution in [2.24, 2.45) is 0 Å². The molecule has 0 aromatic heterocycles. The van der Waals surface area contributed by atoms with Gasteiger partial charge >= 0.3 is 12.1 Å². The molecule has 0 fully saturated rings. The summed E-state index contributed by atoms with van der Waals surface area (Å²) in [6.07, 6.45) is -0.729. The quantitative estimate of drug-likeness (QED) is 0.718. The van der Waals surface area contributed by atoms with E-state index in [0.29, 0.717) is 0 Å². The van der Waals surface area contributed by atoms with Gasteiger partial charge in [-0.15, -0.1) is 11.6 Å². The van der Waals surface area contributed by atoms with E-state index in [1.165, 1.54) is 12.1 Å². The molecule has 0 saturated heterocycles. The smallest absolute Gasteiger partial charge is 0.411 e. The summed E-state index contributed by atoms with van der Waals surface area (Å²) in [5.41, 5.74) is -0.0169. The number of rotatable bonds is 4. The molecule has 3 N–H and O–H groups in total. The average molecular weight is 260 g/mol. The predicted octanol–water partition coefficient (Wildman–Crippen LogP) is 1.88. The number of carboxylic acid groups (broad SMARTS) is 1. The lowest BCUT2D eigenvalue weighted by Crippen LogP contribution is -2.15. The first-order valence-corrected chi connectivity index (χ1v) is 5.14. The summed E-state index contributed by atoms with van der Waals surface area (Å²) in [4.78, 5) is 21.7. The maximum atomic E-state index is 11.1. The molecule has 92 valence electrons. The first-order valence-electron chi connectivity index (χ1n) is 4.60. The van der Waals surface area contributed by atoms with Crippen molar-refractivity contribution < 1.29 is 24.5 Å². The Kier molecular flexibility index (Phi) is 4.59. The second kappa shape index (κ2) is 5.95. The van der Waals surface area contributed by atoms with Crippen LogP contribution < -0.4 is 5.32 Å². The highest BCUT2D eigenvalue weighted by atomic mass is 35.5. The molecule has 7 heteroatoms. The predicted molar refractivity (Wildman–Crippen MR) is 60.8 cm³/mol. The molecular weight excluding hydrogens is 250 g/mol. The van der Waals surface area contributed by atoms with Gasteiger partial charge in [0.05, 0.1) is 5.88 Å². The summed E-state index contributed by atoms with van der Waals surface area (Å²) in [7, 11) is 0. The average Bonchev–Trinajstić information content (AvgIpc) is 2.26. The van der Waals surface area contributed by atoms with Gasteiger partial charge in [-0.3, -0.25) is 5.32 Å². The Morgan fingerprint density at radius 3 is 2.65 bits per heavy atom. The molecule has 1 amide bonds. The third-order valence-electron chi connectivity index (χ3n) is 1.78. The minimum absolute atomic E-state index is 0.0621. The van der Waals surface area contributed by atoms with Gasteiger partial charge in [-0.1, -0.05) is 0 Å². The molecule has 0 atom stereocenters. The minimum atomic E-state index is -1.25. The fourth-order valence-electron chi connectivity index (χ4n) is 1.08. The number of aromatic carboxylic acids is 1. The Bertz CT molecular complexity index is 435. The van der Waals surface area contributed by atoms with Crippen LogP contribution in [0.2, 0.25) is 0 Å². The normalized spacial score (nSPS) is 9.71. The van der Waals surface area contributed by atoms with E-state index < -0.39 is 17.8 Å². The van der Waals surface area contributed by atoms with Gasteiger partial charge in [0.1, 0.15) is 17.9 Å². The van der Waals surface area contributed by atoms with E-state index in [0.717, 1.165) is 6.07 Å². The monoisotopic (exact) mass is 259 g/mol. The number of benzene rings is 1. The summed E-state index contributed by atoms with van der Waals surface area (Å²) >= 11 is 5.32. The molecule has 1 aromatic carbocycles. The minimum Gasteiger partial charge on any atom is -0.507 e. The van der Waals surface area contributed by atoms with Gasteiger partial charge in [0.15, 0.2) is 0 Å². The van der Waals surface area contributed by atoms with Crippen molar-refractivity contribution in [3.63, 3.8) is 0 Å². The van der Waals surface area contributed by atoms with Gasteiger partial charge in [-0.05, 0) is 12.1 Å². The topological polar surface area (TPSA) is 95.9 Å². The van der Waals surface area contributed by atoms with E-state index in [4.69, 9.17) is 16.7 Å².